The Balaban J connectivity index is 0.00000161. The van der Waals surface area contributed by atoms with Gasteiger partial charge in [-0.15, -0.1) is 12.4 Å². The van der Waals surface area contributed by atoms with Gasteiger partial charge in [-0.2, -0.15) is 4.37 Å². The Kier molecular flexibility index (Phi) is 5.82. The Morgan fingerprint density at radius 3 is 2.62 bits per heavy atom. The molecule has 21 heavy (non-hydrogen) atoms. The highest BCUT2D eigenvalue weighted by Crippen LogP contribution is 2.27. The van der Waals surface area contributed by atoms with Crippen molar-refractivity contribution in [1.82, 2.24) is 19.6 Å². The number of piperazine rings is 1. The average molecular weight is 332 g/mol. The summed E-state index contributed by atoms with van der Waals surface area (Å²) in [5.41, 5.74) is 0.473. The number of aromatic nitrogens is 2. The molecule has 3 heterocycles. The topological polar surface area (TPSA) is 44.3 Å². The lowest BCUT2D eigenvalue weighted by atomic mass is 9.89. The molecule has 7 heteroatoms. The molecule has 2 aliphatic rings. The van der Waals surface area contributed by atoms with E-state index in [-0.39, 0.29) is 12.4 Å². The van der Waals surface area contributed by atoms with Crippen LogP contribution in [0.3, 0.4) is 0 Å². The van der Waals surface area contributed by atoms with Crippen molar-refractivity contribution in [2.45, 2.75) is 26.7 Å². The van der Waals surface area contributed by atoms with E-state index in [4.69, 9.17) is 0 Å². The van der Waals surface area contributed by atoms with E-state index in [0.717, 1.165) is 43.6 Å². The predicted molar refractivity (Wildman–Crippen MR) is 90.8 cm³/mol. The van der Waals surface area contributed by atoms with Gasteiger partial charge in [-0.05, 0) is 18.4 Å². The number of nitrogens with zero attached hydrogens (tertiary/aromatic N) is 4. The second-order valence-corrected chi connectivity index (χ2v) is 7.08. The molecular weight excluding hydrogens is 306 g/mol. The maximum Gasteiger partial charge on any atom is 0.205 e. The Bertz CT molecular complexity index is 438. The third-order valence-corrected chi connectivity index (χ3v) is 5.29. The summed E-state index contributed by atoms with van der Waals surface area (Å²) in [6.45, 7) is 12.6. The van der Waals surface area contributed by atoms with E-state index in [1.54, 1.807) is 11.5 Å². The van der Waals surface area contributed by atoms with Gasteiger partial charge in [-0.1, -0.05) is 13.8 Å². The van der Waals surface area contributed by atoms with E-state index in [2.05, 4.69) is 38.3 Å². The Labute approximate surface area is 137 Å². The van der Waals surface area contributed by atoms with Crippen molar-refractivity contribution in [2.75, 3.05) is 50.7 Å². The van der Waals surface area contributed by atoms with Gasteiger partial charge < -0.3 is 10.2 Å². The largest absolute Gasteiger partial charge is 0.344 e. The van der Waals surface area contributed by atoms with Gasteiger partial charge in [0, 0.05) is 57.2 Å². The van der Waals surface area contributed by atoms with Crippen LogP contribution < -0.4 is 10.2 Å². The number of aryl methyl sites for hydroxylation is 1. The number of nitrogens with one attached hydrogen (secondary N) is 1. The minimum absolute atomic E-state index is 0. The first-order chi connectivity index (χ1) is 9.68. The molecule has 1 N–H and O–H groups in total. The van der Waals surface area contributed by atoms with Crippen molar-refractivity contribution in [1.29, 1.82) is 0 Å². The predicted octanol–water partition coefficient (Wildman–Crippen LogP) is 1.64. The van der Waals surface area contributed by atoms with Crippen molar-refractivity contribution in [2.24, 2.45) is 5.41 Å². The number of anilines is 1. The van der Waals surface area contributed by atoms with Crippen LogP contribution in [-0.2, 0) is 6.42 Å². The van der Waals surface area contributed by atoms with Gasteiger partial charge in [0.05, 0.1) is 0 Å². The molecular formula is C14H26ClN5S. The smallest absolute Gasteiger partial charge is 0.205 e. The van der Waals surface area contributed by atoms with E-state index < -0.39 is 0 Å². The fourth-order valence-corrected chi connectivity index (χ4v) is 3.96. The van der Waals surface area contributed by atoms with Crippen LogP contribution in [0, 0.1) is 5.41 Å². The van der Waals surface area contributed by atoms with Crippen LogP contribution in [0.5, 0.6) is 0 Å². The minimum atomic E-state index is 0. The van der Waals surface area contributed by atoms with Crippen molar-refractivity contribution < 1.29 is 0 Å². The van der Waals surface area contributed by atoms with E-state index in [1.165, 1.54) is 26.1 Å². The first-order valence-electron chi connectivity index (χ1n) is 7.69. The van der Waals surface area contributed by atoms with E-state index in [0.29, 0.717) is 5.41 Å². The third kappa shape index (κ3) is 4.06. The van der Waals surface area contributed by atoms with E-state index in [9.17, 15) is 0 Å². The van der Waals surface area contributed by atoms with Crippen molar-refractivity contribution >= 4 is 29.1 Å². The summed E-state index contributed by atoms with van der Waals surface area (Å²) < 4.78 is 4.39. The molecule has 0 spiro atoms. The van der Waals surface area contributed by atoms with Gasteiger partial charge in [0.15, 0.2) is 0 Å². The molecule has 0 amide bonds. The molecule has 1 aromatic rings. The summed E-state index contributed by atoms with van der Waals surface area (Å²) in [5.74, 6) is 0.983. The fourth-order valence-electron chi connectivity index (χ4n) is 3.16. The molecule has 0 radical (unpaired) electrons. The second kappa shape index (κ2) is 7.22. The monoisotopic (exact) mass is 331 g/mol. The van der Waals surface area contributed by atoms with Crippen LogP contribution in [-0.4, -0.2) is 60.1 Å². The summed E-state index contributed by atoms with van der Waals surface area (Å²) in [6, 6.07) is 0. The standard InChI is InChI=1S/C14H25N5S.ClH/c1-3-12-16-13(20-17-12)19-8-6-18(7-9-19)11-14(2)4-5-15-10-14;/h15H,3-11H2,1-2H3;1H. The SMILES string of the molecule is CCc1nsc(N2CCN(CC3(C)CCNC3)CC2)n1.Cl. The van der Waals surface area contributed by atoms with Crippen molar-refractivity contribution in [3.05, 3.63) is 5.82 Å². The zero-order chi connectivity index (χ0) is 14.0. The molecule has 3 rings (SSSR count). The molecule has 1 atom stereocenters. The lowest BCUT2D eigenvalue weighted by molar-refractivity contribution is 0.169. The lowest BCUT2D eigenvalue weighted by Gasteiger charge is -2.38. The molecule has 0 bridgehead atoms. The maximum atomic E-state index is 4.60. The zero-order valence-electron chi connectivity index (χ0n) is 13.0. The second-order valence-electron chi connectivity index (χ2n) is 6.35. The summed E-state index contributed by atoms with van der Waals surface area (Å²) in [6.07, 6.45) is 2.24. The van der Waals surface area contributed by atoms with E-state index >= 15 is 0 Å². The quantitative estimate of drug-likeness (QED) is 0.908. The van der Waals surface area contributed by atoms with Gasteiger partial charge >= 0.3 is 0 Å². The average Bonchev–Trinajstić information content (AvgIpc) is 3.09. The van der Waals surface area contributed by atoms with Crippen molar-refractivity contribution in [3.63, 3.8) is 0 Å². The molecule has 2 fully saturated rings. The Morgan fingerprint density at radius 1 is 1.29 bits per heavy atom. The minimum Gasteiger partial charge on any atom is -0.344 e. The fraction of sp³-hybridized carbons (Fsp3) is 0.857. The molecule has 0 aliphatic carbocycles. The summed E-state index contributed by atoms with van der Waals surface area (Å²) >= 11 is 1.55. The highest BCUT2D eigenvalue weighted by molar-refractivity contribution is 7.09. The Hall–Kier alpha value is -0.430. The summed E-state index contributed by atoms with van der Waals surface area (Å²) in [4.78, 5) is 9.61. The summed E-state index contributed by atoms with van der Waals surface area (Å²) in [5, 5.41) is 4.60. The first kappa shape index (κ1) is 16.9. The van der Waals surface area contributed by atoms with Crippen LogP contribution in [0.1, 0.15) is 26.1 Å². The van der Waals surface area contributed by atoms with Crippen LogP contribution in [0.25, 0.3) is 0 Å². The number of hydrogen-bond acceptors (Lipinski definition) is 6. The number of hydrogen-bond donors (Lipinski definition) is 1. The highest BCUT2D eigenvalue weighted by Gasteiger charge is 2.32. The number of rotatable bonds is 4. The summed E-state index contributed by atoms with van der Waals surface area (Å²) in [7, 11) is 0. The first-order valence-corrected chi connectivity index (χ1v) is 8.46. The van der Waals surface area contributed by atoms with Crippen molar-refractivity contribution in [3.8, 4) is 0 Å². The normalized spacial score (nSPS) is 26.9. The van der Waals surface area contributed by atoms with Crippen LogP contribution in [0.2, 0.25) is 0 Å². The van der Waals surface area contributed by atoms with Gasteiger partial charge in [-0.25, -0.2) is 4.98 Å². The van der Waals surface area contributed by atoms with Gasteiger partial charge in [0.2, 0.25) is 5.13 Å². The molecule has 1 aromatic heterocycles. The highest BCUT2D eigenvalue weighted by atomic mass is 35.5. The van der Waals surface area contributed by atoms with E-state index in [1.807, 2.05) is 0 Å². The molecule has 0 aromatic carbocycles. The Morgan fingerprint density at radius 2 is 2.05 bits per heavy atom. The maximum absolute atomic E-state index is 4.60. The lowest BCUT2D eigenvalue weighted by Crippen LogP contribution is -2.49. The molecule has 0 saturated carbocycles. The van der Waals surface area contributed by atoms with Crippen LogP contribution in [0.4, 0.5) is 5.13 Å². The van der Waals surface area contributed by atoms with Gasteiger partial charge in [-0.3, -0.25) is 4.90 Å². The van der Waals surface area contributed by atoms with Gasteiger partial charge in [0.1, 0.15) is 5.82 Å². The molecule has 120 valence electrons. The molecule has 2 aliphatic heterocycles. The zero-order valence-corrected chi connectivity index (χ0v) is 14.6. The van der Waals surface area contributed by atoms with Crippen LogP contribution in [0.15, 0.2) is 0 Å². The molecule has 5 nitrogen and oxygen atoms in total. The number of halogens is 1. The van der Waals surface area contributed by atoms with Crippen LogP contribution >= 0.6 is 23.9 Å². The molecule has 2 saturated heterocycles. The molecule has 1 unspecified atom stereocenters. The van der Waals surface area contributed by atoms with Gasteiger partial charge in [0.25, 0.3) is 0 Å². The third-order valence-electron chi connectivity index (χ3n) is 4.48.